The molecule has 0 aromatic heterocycles. The molecule has 0 saturated heterocycles. The van der Waals surface area contributed by atoms with E-state index in [-0.39, 0.29) is 22.9 Å². The van der Waals surface area contributed by atoms with E-state index >= 15 is 0 Å². The van der Waals surface area contributed by atoms with Gasteiger partial charge in [-0.1, -0.05) is 18.2 Å². The van der Waals surface area contributed by atoms with Crippen molar-refractivity contribution in [1.82, 2.24) is 0 Å². The number of sulfonamides is 1. The predicted molar refractivity (Wildman–Crippen MR) is 90.8 cm³/mol. The van der Waals surface area contributed by atoms with Crippen molar-refractivity contribution >= 4 is 21.7 Å². The summed E-state index contributed by atoms with van der Waals surface area (Å²) in [5.41, 5.74) is 0.553. The van der Waals surface area contributed by atoms with Crippen molar-refractivity contribution in [2.24, 2.45) is 0 Å². The topological polar surface area (TPSA) is 81.7 Å². The van der Waals surface area contributed by atoms with Gasteiger partial charge in [0.05, 0.1) is 29.4 Å². The Balaban J connectivity index is 2.34. The van der Waals surface area contributed by atoms with Gasteiger partial charge in [-0.15, -0.1) is 0 Å². The van der Waals surface area contributed by atoms with E-state index in [0.29, 0.717) is 12.2 Å². The number of hydrogen-bond donors (Lipinski definition) is 1. The van der Waals surface area contributed by atoms with Crippen LogP contribution in [0.25, 0.3) is 0 Å². The molecule has 0 atom stereocenters. The lowest BCUT2D eigenvalue weighted by molar-refractivity contribution is 0.0526. The van der Waals surface area contributed by atoms with Crippen molar-refractivity contribution in [2.45, 2.75) is 18.7 Å². The first kappa shape index (κ1) is 17.8. The van der Waals surface area contributed by atoms with Gasteiger partial charge in [-0.05, 0) is 44.2 Å². The Morgan fingerprint density at radius 3 is 2.38 bits per heavy atom. The Morgan fingerprint density at radius 2 is 1.75 bits per heavy atom. The molecular weight excluding hydrogens is 330 g/mol. The average molecular weight is 349 g/mol. The highest BCUT2D eigenvalue weighted by molar-refractivity contribution is 7.92. The Kier molecular flexibility index (Phi) is 5.81. The van der Waals surface area contributed by atoms with E-state index in [0.717, 1.165) is 0 Å². The number of benzene rings is 2. The Bertz CT molecular complexity index is 803. The molecule has 0 aliphatic heterocycles. The molecule has 0 amide bonds. The van der Waals surface area contributed by atoms with Gasteiger partial charge < -0.3 is 9.47 Å². The van der Waals surface area contributed by atoms with Crippen LogP contribution in [-0.4, -0.2) is 27.6 Å². The normalized spacial score (nSPS) is 10.9. The van der Waals surface area contributed by atoms with Crippen molar-refractivity contribution in [3.8, 4) is 5.75 Å². The highest BCUT2D eigenvalue weighted by atomic mass is 32.2. The summed E-state index contributed by atoms with van der Waals surface area (Å²) in [6, 6.07) is 12.4. The van der Waals surface area contributed by atoms with E-state index in [2.05, 4.69) is 4.72 Å². The van der Waals surface area contributed by atoms with E-state index in [1.54, 1.807) is 32.0 Å². The fourth-order valence-corrected chi connectivity index (χ4v) is 3.12. The Morgan fingerprint density at radius 1 is 1.04 bits per heavy atom. The van der Waals surface area contributed by atoms with Crippen molar-refractivity contribution < 1.29 is 22.7 Å². The molecule has 2 aromatic carbocycles. The number of ether oxygens (including phenoxy) is 2. The molecular formula is C17H19NO5S. The van der Waals surface area contributed by atoms with Crippen LogP contribution in [0.1, 0.15) is 24.2 Å². The molecule has 0 bridgehead atoms. The molecule has 0 aliphatic rings. The van der Waals surface area contributed by atoms with Gasteiger partial charge in [0, 0.05) is 0 Å². The molecule has 7 heteroatoms. The molecule has 0 unspecified atom stereocenters. The second-order valence-electron chi connectivity index (χ2n) is 4.78. The third kappa shape index (κ3) is 4.26. The zero-order valence-electron chi connectivity index (χ0n) is 13.5. The van der Waals surface area contributed by atoms with E-state index in [1.165, 1.54) is 30.3 Å². The zero-order chi connectivity index (χ0) is 17.6. The van der Waals surface area contributed by atoms with E-state index < -0.39 is 16.0 Å². The van der Waals surface area contributed by atoms with Gasteiger partial charge in [0.1, 0.15) is 5.75 Å². The summed E-state index contributed by atoms with van der Waals surface area (Å²) in [5.74, 6) is -0.224. The highest BCUT2D eigenvalue weighted by Gasteiger charge is 2.18. The standard InChI is InChI=1S/C17H19NO5S/c1-3-22-16-12-13(17(19)23-4-2)10-11-15(16)18-24(20,21)14-8-6-5-7-9-14/h5-12,18H,3-4H2,1-2H3. The number of hydrogen-bond acceptors (Lipinski definition) is 5. The summed E-state index contributed by atoms with van der Waals surface area (Å²) in [5, 5.41) is 0. The quantitative estimate of drug-likeness (QED) is 0.777. The maximum Gasteiger partial charge on any atom is 0.338 e. The van der Waals surface area contributed by atoms with Gasteiger partial charge in [0.2, 0.25) is 0 Å². The van der Waals surface area contributed by atoms with Gasteiger partial charge in [-0.2, -0.15) is 0 Å². The molecule has 24 heavy (non-hydrogen) atoms. The number of rotatable bonds is 7. The predicted octanol–water partition coefficient (Wildman–Crippen LogP) is 3.06. The number of carbonyl (C=O) groups excluding carboxylic acids is 1. The summed E-state index contributed by atoms with van der Waals surface area (Å²) in [6.45, 7) is 4.06. The molecule has 0 heterocycles. The lowest BCUT2D eigenvalue weighted by atomic mass is 10.2. The molecule has 0 fully saturated rings. The van der Waals surface area contributed by atoms with E-state index in [9.17, 15) is 13.2 Å². The number of carbonyl (C=O) groups is 1. The average Bonchev–Trinajstić information content (AvgIpc) is 2.57. The molecule has 0 saturated carbocycles. The van der Waals surface area contributed by atoms with Crippen LogP contribution in [0.3, 0.4) is 0 Å². The minimum atomic E-state index is -3.74. The maximum atomic E-state index is 12.4. The third-order valence-corrected chi connectivity index (χ3v) is 4.47. The first-order chi connectivity index (χ1) is 11.5. The second-order valence-corrected chi connectivity index (χ2v) is 6.47. The number of esters is 1. The van der Waals surface area contributed by atoms with Crippen LogP contribution >= 0.6 is 0 Å². The number of anilines is 1. The van der Waals surface area contributed by atoms with Crippen molar-refractivity contribution in [2.75, 3.05) is 17.9 Å². The summed E-state index contributed by atoms with van der Waals surface area (Å²) >= 11 is 0. The molecule has 0 aliphatic carbocycles. The van der Waals surface area contributed by atoms with Crippen LogP contribution in [-0.2, 0) is 14.8 Å². The largest absolute Gasteiger partial charge is 0.492 e. The Hall–Kier alpha value is -2.54. The number of nitrogens with one attached hydrogen (secondary N) is 1. The second kappa shape index (κ2) is 7.83. The minimum absolute atomic E-state index is 0.141. The lowest BCUT2D eigenvalue weighted by Crippen LogP contribution is -2.14. The molecule has 6 nitrogen and oxygen atoms in total. The third-order valence-electron chi connectivity index (χ3n) is 3.09. The van der Waals surface area contributed by atoms with Crippen LogP contribution in [0.4, 0.5) is 5.69 Å². The van der Waals surface area contributed by atoms with Crippen LogP contribution < -0.4 is 9.46 Å². The van der Waals surface area contributed by atoms with Gasteiger partial charge >= 0.3 is 5.97 Å². The molecule has 128 valence electrons. The lowest BCUT2D eigenvalue weighted by Gasteiger charge is -2.14. The molecule has 1 N–H and O–H groups in total. The van der Waals surface area contributed by atoms with Gasteiger partial charge in [0.15, 0.2) is 0 Å². The van der Waals surface area contributed by atoms with Crippen LogP contribution in [0.2, 0.25) is 0 Å². The van der Waals surface area contributed by atoms with Gasteiger partial charge in [-0.3, -0.25) is 4.72 Å². The summed E-state index contributed by atoms with van der Waals surface area (Å²) in [7, 11) is -3.74. The summed E-state index contributed by atoms with van der Waals surface area (Å²) in [4.78, 5) is 11.9. The smallest absolute Gasteiger partial charge is 0.338 e. The Labute approximate surface area is 141 Å². The molecule has 0 spiro atoms. The molecule has 2 aromatic rings. The summed E-state index contributed by atoms with van der Waals surface area (Å²) < 4.78 is 37.7. The van der Waals surface area contributed by atoms with E-state index in [4.69, 9.17) is 9.47 Å². The van der Waals surface area contributed by atoms with Gasteiger partial charge in [-0.25, -0.2) is 13.2 Å². The van der Waals surface area contributed by atoms with Crippen molar-refractivity contribution in [3.63, 3.8) is 0 Å². The summed E-state index contributed by atoms with van der Waals surface area (Å²) in [6.07, 6.45) is 0. The monoisotopic (exact) mass is 349 g/mol. The van der Waals surface area contributed by atoms with Crippen LogP contribution in [0, 0.1) is 0 Å². The fourth-order valence-electron chi connectivity index (χ4n) is 2.03. The van der Waals surface area contributed by atoms with Crippen molar-refractivity contribution in [3.05, 3.63) is 54.1 Å². The van der Waals surface area contributed by atoms with Gasteiger partial charge in [0.25, 0.3) is 10.0 Å². The van der Waals surface area contributed by atoms with Crippen LogP contribution in [0.5, 0.6) is 5.75 Å². The molecule has 2 rings (SSSR count). The maximum absolute atomic E-state index is 12.4. The first-order valence-corrected chi connectivity index (χ1v) is 8.98. The minimum Gasteiger partial charge on any atom is -0.492 e. The highest BCUT2D eigenvalue weighted by Crippen LogP contribution is 2.28. The van der Waals surface area contributed by atoms with Crippen LogP contribution in [0.15, 0.2) is 53.4 Å². The first-order valence-electron chi connectivity index (χ1n) is 7.49. The SMILES string of the molecule is CCOC(=O)c1ccc(NS(=O)(=O)c2ccccc2)c(OCC)c1. The van der Waals surface area contributed by atoms with Crippen molar-refractivity contribution in [1.29, 1.82) is 0 Å². The molecule has 0 radical (unpaired) electrons. The fraction of sp³-hybridized carbons (Fsp3) is 0.235. The zero-order valence-corrected chi connectivity index (χ0v) is 14.3. The van der Waals surface area contributed by atoms with E-state index in [1.807, 2.05) is 0 Å².